The third-order valence-corrected chi connectivity index (χ3v) is 5.60. The summed E-state index contributed by atoms with van der Waals surface area (Å²) in [5.74, 6) is 0.861. The monoisotopic (exact) mass is 506 g/mol. The fourth-order valence-electron chi connectivity index (χ4n) is 3.71. The first-order valence-corrected chi connectivity index (χ1v) is 11.3. The molecule has 0 fully saturated rings. The van der Waals surface area contributed by atoms with Gasteiger partial charge in [-0.3, -0.25) is 0 Å². The molecule has 9 nitrogen and oxygen atoms in total. The molecule has 2 aromatic carbocycles. The molecule has 0 heterocycles. The number of hydrogen-bond donors (Lipinski definition) is 1. The molecule has 0 radical (unpaired) electrons. The van der Waals surface area contributed by atoms with Gasteiger partial charge in [0.05, 0.1) is 55.9 Å². The average molecular weight is 507 g/mol. The Bertz CT molecular complexity index is 1020. The zero-order valence-electron chi connectivity index (χ0n) is 22.8. The molecule has 1 N–H and O–H groups in total. The molecule has 0 aliphatic heterocycles. The van der Waals surface area contributed by atoms with Gasteiger partial charge in [-0.1, -0.05) is 27.4 Å². The van der Waals surface area contributed by atoms with Gasteiger partial charge in [0.25, 0.3) is 0 Å². The summed E-state index contributed by atoms with van der Waals surface area (Å²) < 4.78 is 38.0. The van der Waals surface area contributed by atoms with Crippen LogP contribution in [0.3, 0.4) is 0 Å². The largest absolute Gasteiger partial charge is 0.493 e. The molecular formula is C27H38O9. The molecule has 2 aromatic rings. The number of rotatable bonds is 11. The number of aliphatic hydroxyl groups excluding tert-OH is 1. The van der Waals surface area contributed by atoms with E-state index in [0.29, 0.717) is 51.2 Å². The number of carbonyl (C=O) groups is 1. The van der Waals surface area contributed by atoms with Gasteiger partial charge in [-0.25, -0.2) is 4.79 Å². The fourth-order valence-corrected chi connectivity index (χ4v) is 3.71. The summed E-state index contributed by atoms with van der Waals surface area (Å²) in [6.45, 7) is 9.47. The third-order valence-electron chi connectivity index (χ3n) is 5.60. The molecule has 2 rings (SSSR count). The Balaban J connectivity index is 0.00000316. The third kappa shape index (κ3) is 5.96. The highest BCUT2D eigenvalue weighted by Crippen LogP contribution is 2.52. The summed E-state index contributed by atoms with van der Waals surface area (Å²) in [5, 5.41) is 11.4. The molecule has 0 aliphatic rings. The Morgan fingerprint density at radius 3 is 1.58 bits per heavy atom. The molecular weight excluding hydrogens is 468 g/mol. The summed E-state index contributed by atoms with van der Waals surface area (Å²) in [7, 11) is 10.2. The van der Waals surface area contributed by atoms with Crippen LogP contribution in [0.15, 0.2) is 30.4 Å². The van der Waals surface area contributed by atoms with Crippen molar-refractivity contribution >= 4 is 5.97 Å². The lowest BCUT2D eigenvalue weighted by atomic mass is 9.86. The highest BCUT2D eigenvalue weighted by molar-refractivity contribution is 5.88. The molecule has 0 saturated heterocycles. The Morgan fingerprint density at radius 1 is 0.750 bits per heavy atom. The van der Waals surface area contributed by atoms with Crippen LogP contribution < -0.4 is 28.4 Å². The van der Waals surface area contributed by atoms with E-state index in [4.69, 9.17) is 33.2 Å². The van der Waals surface area contributed by atoms with E-state index in [0.717, 1.165) is 0 Å². The Morgan fingerprint density at radius 2 is 1.19 bits per heavy atom. The van der Waals surface area contributed by atoms with Crippen LogP contribution in [0, 0.1) is 5.92 Å². The minimum Gasteiger partial charge on any atom is -0.493 e. The van der Waals surface area contributed by atoms with Gasteiger partial charge < -0.3 is 38.3 Å². The van der Waals surface area contributed by atoms with E-state index in [2.05, 4.69) is 6.58 Å². The van der Waals surface area contributed by atoms with E-state index in [1.54, 1.807) is 25.1 Å². The van der Waals surface area contributed by atoms with Gasteiger partial charge in [0, 0.05) is 17.1 Å². The first-order valence-electron chi connectivity index (χ1n) is 11.3. The smallest absolute Gasteiger partial charge is 0.333 e. The summed E-state index contributed by atoms with van der Waals surface area (Å²) in [6.07, 6.45) is -1.19. The standard InChI is InChI=1S/C25H32O9.C2H6/c1-13(14(2)25(27)34-9)21(26)16-12-19(30-5)23(32-7)24(33-8)20(16)15-10-17(28-3)22(31-6)18(11-15)29-4;1-2/h10-13,21,26H,2H2,1,3-9H3;1-2H3. The van der Waals surface area contributed by atoms with Gasteiger partial charge in [0.1, 0.15) is 0 Å². The van der Waals surface area contributed by atoms with Crippen LogP contribution in [0.5, 0.6) is 34.5 Å². The molecule has 9 heteroatoms. The SMILES string of the molecule is C=C(C(=O)OC)C(C)C(O)c1cc(OC)c(OC)c(OC)c1-c1cc(OC)c(OC)c(OC)c1.CC. The van der Waals surface area contributed by atoms with E-state index in [9.17, 15) is 9.90 Å². The second kappa shape index (κ2) is 14.1. The van der Waals surface area contributed by atoms with Crippen LogP contribution in [0.1, 0.15) is 32.4 Å². The van der Waals surface area contributed by atoms with Crippen molar-refractivity contribution in [2.45, 2.75) is 26.9 Å². The van der Waals surface area contributed by atoms with Crippen LogP contribution in [0.25, 0.3) is 11.1 Å². The van der Waals surface area contributed by atoms with Crippen molar-refractivity contribution < 1.29 is 43.1 Å². The zero-order valence-corrected chi connectivity index (χ0v) is 22.8. The number of ether oxygens (including phenoxy) is 7. The quantitative estimate of drug-likeness (QED) is 0.339. The second-order valence-electron chi connectivity index (χ2n) is 7.27. The number of esters is 1. The van der Waals surface area contributed by atoms with Gasteiger partial charge >= 0.3 is 5.97 Å². The predicted molar refractivity (Wildman–Crippen MR) is 138 cm³/mol. The number of aliphatic hydroxyl groups is 1. The lowest BCUT2D eigenvalue weighted by Crippen LogP contribution is -2.19. The van der Waals surface area contributed by atoms with Crippen LogP contribution in [0.2, 0.25) is 0 Å². The van der Waals surface area contributed by atoms with Gasteiger partial charge in [-0.15, -0.1) is 0 Å². The summed E-state index contributed by atoms with van der Waals surface area (Å²) >= 11 is 0. The Hall–Kier alpha value is -3.59. The summed E-state index contributed by atoms with van der Waals surface area (Å²) in [5.41, 5.74) is 1.58. The van der Waals surface area contributed by atoms with Gasteiger partial charge in [-0.05, 0) is 29.3 Å². The molecule has 200 valence electrons. The van der Waals surface area contributed by atoms with E-state index in [1.807, 2.05) is 13.8 Å². The van der Waals surface area contributed by atoms with E-state index < -0.39 is 18.0 Å². The normalized spacial score (nSPS) is 11.8. The van der Waals surface area contributed by atoms with Crippen molar-refractivity contribution in [3.05, 3.63) is 35.9 Å². The molecule has 0 bridgehead atoms. The number of hydrogen-bond acceptors (Lipinski definition) is 9. The van der Waals surface area contributed by atoms with Gasteiger partial charge in [0.2, 0.25) is 11.5 Å². The molecule has 2 atom stereocenters. The van der Waals surface area contributed by atoms with Gasteiger partial charge in [-0.2, -0.15) is 0 Å². The maximum absolute atomic E-state index is 12.1. The van der Waals surface area contributed by atoms with Crippen molar-refractivity contribution in [3.63, 3.8) is 0 Å². The van der Waals surface area contributed by atoms with E-state index in [1.165, 1.54) is 49.8 Å². The minimum atomic E-state index is -1.19. The maximum Gasteiger partial charge on any atom is 0.333 e. The van der Waals surface area contributed by atoms with E-state index in [-0.39, 0.29) is 5.57 Å². The van der Waals surface area contributed by atoms with Crippen LogP contribution >= 0.6 is 0 Å². The first kappa shape index (κ1) is 30.4. The minimum absolute atomic E-state index is 0.111. The molecule has 0 aromatic heterocycles. The lowest BCUT2D eigenvalue weighted by Gasteiger charge is -2.26. The van der Waals surface area contributed by atoms with Crippen molar-refractivity contribution in [1.29, 1.82) is 0 Å². The van der Waals surface area contributed by atoms with Crippen molar-refractivity contribution in [2.24, 2.45) is 5.92 Å². The number of benzene rings is 2. The average Bonchev–Trinajstić information content (AvgIpc) is 2.94. The Labute approximate surface area is 213 Å². The molecule has 36 heavy (non-hydrogen) atoms. The van der Waals surface area contributed by atoms with Gasteiger partial charge in [0.15, 0.2) is 23.0 Å². The van der Waals surface area contributed by atoms with Crippen molar-refractivity contribution in [2.75, 3.05) is 49.8 Å². The summed E-state index contributed by atoms with van der Waals surface area (Å²) in [6, 6.07) is 5.08. The molecule has 0 saturated carbocycles. The maximum atomic E-state index is 12.1. The second-order valence-corrected chi connectivity index (χ2v) is 7.27. The van der Waals surface area contributed by atoms with E-state index >= 15 is 0 Å². The van der Waals surface area contributed by atoms with Crippen molar-refractivity contribution in [1.82, 2.24) is 0 Å². The number of carbonyl (C=O) groups excluding carboxylic acids is 1. The summed E-state index contributed by atoms with van der Waals surface area (Å²) in [4.78, 5) is 12.1. The molecule has 2 unspecified atom stereocenters. The topological polar surface area (TPSA) is 102 Å². The molecule has 0 aliphatic carbocycles. The Kier molecular flexibility index (Phi) is 11.9. The van der Waals surface area contributed by atoms with Crippen LogP contribution in [0.4, 0.5) is 0 Å². The fraction of sp³-hybridized carbons (Fsp3) is 0.444. The molecule has 0 spiro atoms. The predicted octanol–water partition coefficient (Wildman–Crippen LogP) is 4.83. The lowest BCUT2D eigenvalue weighted by molar-refractivity contribution is -0.137. The highest BCUT2D eigenvalue weighted by atomic mass is 16.5. The highest BCUT2D eigenvalue weighted by Gasteiger charge is 2.31. The number of methoxy groups -OCH3 is 7. The zero-order chi connectivity index (χ0) is 27.6. The van der Waals surface area contributed by atoms with Crippen molar-refractivity contribution in [3.8, 4) is 45.6 Å². The first-order chi connectivity index (χ1) is 17.2. The molecule has 0 amide bonds. The van der Waals surface area contributed by atoms with Crippen LogP contribution in [-0.4, -0.2) is 60.8 Å². The van der Waals surface area contributed by atoms with Crippen LogP contribution in [-0.2, 0) is 9.53 Å².